The Kier molecular flexibility index (Phi) is 4.34. The van der Waals surface area contributed by atoms with Crippen molar-refractivity contribution in [1.29, 1.82) is 0 Å². The second-order valence-corrected chi connectivity index (χ2v) is 6.58. The minimum Gasteiger partial charge on any atom is -0.449 e. The molecule has 3 aromatic rings. The molecule has 25 heavy (non-hydrogen) atoms. The third-order valence-corrected chi connectivity index (χ3v) is 4.96. The van der Waals surface area contributed by atoms with Crippen LogP contribution < -0.4 is 10.2 Å². The molecule has 0 saturated carbocycles. The summed E-state index contributed by atoms with van der Waals surface area (Å²) in [6, 6.07) is 11.3. The highest BCUT2D eigenvalue weighted by Gasteiger charge is 2.22. The SMILES string of the molecule is O=C(Nc1ccco1)N1CCN(c2ccc(-c3cccs3)nn2)CC1. The number of carbonyl (C=O) groups excluding carboxylic acids is 1. The molecular formula is C17H17N5O2S. The Morgan fingerprint density at radius 2 is 1.96 bits per heavy atom. The first-order valence-corrected chi connectivity index (χ1v) is 8.89. The number of hydrogen-bond acceptors (Lipinski definition) is 6. The quantitative estimate of drug-likeness (QED) is 0.781. The lowest BCUT2D eigenvalue weighted by atomic mass is 10.3. The first-order chi connectivity index (χ1) is 12.3. The van der Waals surface area contributed by atoms with Crippen LogP contribution in [0.15, 0.2) is 52.5 Å². The molecule has 7 nitrogen and oxygen atoms in total. The summed E-state index contributed by atoms with van der Waals surface area (Å²) in [6.45, 7) is 2.69. The zero-order valence-corrected chi connectivity index (χ0v) is 14.3. The second kappa shape index (κ2) is 6.94. The number of rotatable bonds is 3. The van der Waals surface area contributed by atoms with E-state index in [0.29, 0.717) is 19.0 Å². The van der Waals surface area contributed by atoms with E-state index in [1.807, 2.05) is 29.6 Å². The molecule has 0 aliphatic carbocycles. The van der Waals surface area contributed by atoms with E-state index in [9.17, 15) is 4.79 Å². The topological polar surface area (TPSA) is 74.5 Å². The smallest absolute Gasteiger partial charge is 0.324 e. The molecule has 4 rings (SSSR count). The van der Waals surface area contributed by atoms with Crippen molar-refractivity contribution in [2.45, 2.75) is 0 Å². The van der Waals surface area contributed by atoms with Crippen LogP contribution in [0.5, 0.6) is 0 Å². The van der Waals surface area contributed by atoms with Gasteiger partial charge >= 0.3 is 6.03 Å². The Morgan fingerprint density at radius 3 is 2.60 bits per heavy atom. The lowest BCUT2D eigenvalue weighted by Crippen LogP contribution is -2.50. The maximum atomic E-state index is 12.2. The lowest BCUT2D eigenvalue weighted by Gasteiger charge is -2.34. The van der Waals surface area contributed by atoms with Gasteiger partial charge < -0.3 is 14.2 Å². The van der Waals surface area contributed by atoms with Gasteiger partial charge in [0.25, 0.3) is 0 Å². The standard InChI is InChI=1S/C17H17N5O2S/c23-17(18-16-4-1-11-24-16)22-9-7-21(8-10-22)15-6-5-13(19-20-15)14-3-2-12-25-14/h1-6,11-12H,7-10H2,(H,18,23). The Bertz CT molecular complexity index is 809. The van der Waals surface area contributed by atoms with Crippen LogP contribution in [0.4, 0.5) is 16.5 Å². The van der Waals surface area contributed by atoms with E-state index >= 15 is 0 Å². The predicted octanol–water partition coefficient (Wildman–Crippen LogP) is 3.15. The van der Waals surface area contributed by atoms with E-state index in [-0.39, 0.29) is 6.03 Å². The number of aromatic nitrogens is 2. The van der Waals surface area contributed by atoms with Gasteiger partial charge in [0.2, 0.25) is 5.88 Å². The molecule has 1 saturated heterocycles. The van der Waals surface area contributed by atoms with E-state index in [4.69, 9.17) is 4.42 Å². The van der Waals surface area contributed by atoms with Crippen molar-refractivity contribution in [3.05, 3.63) is 48.0 Å². The van der Waals surface area contributed by atoms with Crippen molar-refractivity contribution < 1.29 is 9.21 Å². The molecule has 1 aliphatic heterocycles. The average Bonchev–Trinajstić information content (AvgIpc) is 3.36. The molecule has 0 radical (unpaired) electrons. The van der Waals surface area contributed by atoms with E-state index in [2.05, 4.69) is 20.4 Å². The van der Waals surface area contributed by atoms with Crippen LogP contribution in [0, 0.1) is 0 Å². The van der Waals surface area contributed by atoms with Crippen LogP contribution in [0.2, 0.25) is 0 Å². The summed E-state index contributed by atoms with van der Waals surface area (Å²) < 4.78 is 5.14. The van der Waals surface area contributed by atoms with E-state index in [1.165, 1.54) is 6.26 Å². The van der Waals surface area contributed by atoms with Gasteiger partial charge in [0, 0.05) is 32.2 Å². The number of urea groups is 1. The number of thiophene rings is 1. The number of amides is 2. The molecule has 1 aliphatic rings. The van der Waals surface area contributed by atoms with Gasteiger partial charge in [-0.15, -0.1) is 21.5 Å². The molecule has 128 valence electrons. The fourth-order valence-electron chi connectivity index (χ4n) is 2.72. The van der Waals surface area contributed by atoms with Gasteiger partial charge in [0.1, 0.15) is 5.69 Å². The number of furan rings is 1. The highest BCUT2D eigenvalue weighted by molar-refractivity contribution is 7.13. The fourth-order valence-corrected chi connectivity index (χ4v) is 3.41. The van der Waals surface area contributed by atoms with Crippen LogP contribution >= 0.6 is 11.3 Å². The van der Waals surface area contributed by atoms with E-state index in [0.717, 1.165) is 29.5 Å². The number of nitrogens with zero attached hydrogens (tertiary/aromatic N) is 4. The van der Waals surface area contributed by atoms with Gasteiger partial charge in [-0.1, -0.05) is 6.07 Å². The summed E-state index contributed by atoms with van der Waals surface area (Å²) in [4.78, 5) is 17.2. The summed E-state index contributed by atoms with van der Waals surface area (Å²) in [7, 11) is 0. The highest BCUT2D eigenvalue weighted by atomic mass is 32.1. The molecular weight excluding hydrogens is 338 g/mol. The predicted molar refractivity (Wildman–Crippen MR) is 96.9 cm³/mol. The molecule has 0 spiro atoms. The summed E-state index contributed by atoms with van der Waals surface area (Å²) in [5.41, 5.74) is 0.884. The van der Waals surface area contributed by atoms with Gasteiger partial charge in [-0.3, -0.25) is 5.32 Å². The minimum absolute atomic E-state index is 0.145. The first kappa shape index (κ1) is 15.6. The second-order valence-electron chi connectivity index (χ2n) is 5.64. The molecule has 0 aromatic carbocycles. The maximum absolute atomic E-state index is 12.2. The summed E-state index contributed by atoms with van der Waals surface area (Å²) in [6.07, 6.45) is 1.53. The number of anilines is 2. The van der Waals surface area contributed by atoms with Crippen LogP contribution in [-0.2, 0) is 0 Å². The number of carbonyl (C=O) groups is 1. The van der Waals surface area contributed by atoms with Crippen molar-refractivity contribution in [3.8, 4) is 10.6 Å². The highest BCUT2D eigenvalue weighted by Crippen LogP contribution is 2.23. The van der Waals surface area contributed by atoms with Gasteiger partial charge in [-0.25, -0.2) is 4.79 Å². The molecule has 4 heterocycles. The van der Waals surface area contributed by atoms with Gasteiger partial charge in [0.15, 0.2) is 5.82 Å². The van der Waals surface area contributed by atoms with Crippen molar-refractivity contribution in [1.82, 2.24) is 15.1 Å². The Balaban J connectivity index is 1.34. The molecule has 0 unspecified atom stereocenters. The number of nitrogens with one attached hydrogen (secondary N) is 1. The van der Waals surface area contributed by atoms with Gasteiger partial charge in [-0.2, -0.15) is 0 Å². The molecule has 8 heteroatoms. The zero-order chi connectivity index (χ0) is 17.1. The Labute approximate surface area is 148 Å². The third-order valence-electron chi connectivity index (χ3n) is 4.07. The summed E-state index contributed by atoms with van der Waals surface area (Å²) in [5, 5.41) is 13.4. The maximum Gasteiger partial charge on any atom is 0.324 e. The zero-order valence-electron chi connectivity index (χ0n) is 13.5. The molecule has 1 N–H and O–H groups in total. The summed E-state index contributed by atoms with van der Waals surface area (Å²) >= 11 is 1.65. The third kappa shape index (κ3) is 3.48. The molecule has 0 bridgehead atoms. The first-order valence-electron chi connectivity index (χ1n) is 8.01. The van der Waals surface area contributed by atoms with Crippen molar-refractivity contribution in [3.63, 3.8) is 0 Å². The molecule has 3 aromatic heterocycles. The normalized spacial score (nSPS) is 14.6. The van der Waals surface area contributed by atoms with Crippen LogP contribution in [0.3, 0.4) is 0 Å². The van der Waals surface area contributed by atoms with Crippen LogP contribution in [0.1, 0.15) is 0 Å². The van der Waals surface area contributed by atoms with Crippen molar-refractivity contribution >= 4 is 29.1 Å². The molecule has 0 atom stereocenters. The Morgan fingerprint density at radius 1 is 1.08 bits per heavy atom. The van der Waals surface area contributed by atoms with Gasteiger partial charge in [-0.05, 0) is 29.6 Å². The minimum atomic E-state index is -0.145. The fraction of sp³-hybridized carbons (Fsp3) is 0.235. The van der Waals surface area contributed by atoms with E-state index in [1.54, 1.807) is 28.4 Å². The van der Waals surface area contributed by atoms with Crippen molar-refractivity contribution in [2.75, 3.05) is 36.4 Å². The number of hydrogen-bond donors (Lipinski definition) is 1. The monoisotopic (exact) mass is 355 g/mol. The van der Waals surface area contributed by atoms with Crippen LogP contribution in [-0.4, -0.2) is 47.3 Å². The largest absolute Gasteiger partial charge is 0.449 e. The molecule has 1 fully saturated rings. The van der Waals surface area contributed by atoms with Gasteiger partial charge in [0.05, 0.1) is 11.1 Å². The average molecular weight is 355 g/mol. The van der Waals surface area contributed by atoms with E-state index < -0.39 is 0 Å². The van der Waals surface area contributed by atoms with Crippen LogP contribution in [0.25, 0.3) is 10.6 Å². The number of piperazine rings is 1. The van der Waals surface area contributed by atoms with Crippen molar-refractivity contribution in [2.24, 2.45) is 0 Å². The Hall–Kier alpha value is -2.87. The summed E-state index contributed by atoms with van der Waals surface area (Å²) in [5.74, 6) is 1.30. The molecule has 2 amide bonds. The lowest BCUT2D eigenvalue weighted by molar-refractivity contribution is 0.207.